The van der Waals surface area contributed by atoms with Crippen LogP contribution in [0.15, 0.2) is 48.5 Å². The van der Waals surface area contributed by atoms with Gasteiger partial charge in [0.15, 0.2) is 5.78 Å². The van der Waals surface area contributed by atoms with Crippen molar-refractivity contribution >= 4 is 11.7 Å². The van der Waals surface area contributed by atoms with Gasteiger partial charge in [0.05, 0.1) is 13.7 Å². The normalized spacial score (nSPS) is 15.2. The first-order valence-corrected chi connectivity index (χ1v) is 13.9. The Morgan fingerprint density at radius 1 is 0.919 bits per heavy atom. The summed E-state index contributed by atoms with van der Waals surface area (Å²) < 4.78 is 11.0. The summed E-state index contributed by atoms with van der Waals surface area (Å²) in [5.41, 5.74) is 1.89. The predicted molar refractivity (Wildman–Crippen MR) is 149 cm³/mol. The lowest BCUT2D eigenvalue weighted by Gasteiger charge is -2.30. The quantitative estimate of drug-likeness (QED) is 0.222. The number of benzene rings is 2. The molecule has 2 aromatic carbocycles. The Hall–Kier alpha value is -2.86. The Bertz CT molecular complexity index is 952. The van der Waals surface area contributed by atoms with Gasteiger partial charge < -0.3 is 19.7 Å². The fraction of sp³-hybridized carbons (Fsp3) is 0.548. The highest BCUT2D eigenvalue weighted by Gasteiger charge is 2.25. The third kappa shape index (κ3) is 9.51. The molecule has 6 nitrogen and oxygen atoms in total. The van der Waals surface area contributed by atoms with Crippen LogP contribution >= 0.6 is 0 Å². The average Bonchev–Trinajstić information content (AvgIpc) is 3.44. The lowest BCUT2D eigenvalue weighted by atomic mass is 9.92. The molecule has 0 spiro atoms. The van der Waals surface area contributed by atoms with Crippen molar-refractivity contribution in [2.24, 2.45) is 0 Å². The van der Waals surface area contributed by atoms with E-state index in [4.69, 9.17) is 9.47 Å². The molecule has 0 bridgehead atoms. The summed E-state index contributed by atoms with van der Waals surface area (Å²) in [7, 11) is 1.61. The second-order valence-electron chi connectivity index (χ2n) is 10.1. The Morgan fingerprint density at radius 2 is 1.57 bits per heavy atom. The summed E-state index contributed by atoms with van der Waals surface area (Å²) in [6.45, 7) is 8.14. The highest BCUT2D eigenvalue weighted by molar-refractivity contribution is 5.96. The molecule has 1 N–H and O–H groups in total. The third-order valence-corrected chi connectivity index (χ3v) is 7.25. The van der Waals surface area contributed by atoms with Crippen LogP contribution in [0.3, 0.4) is 0 Å². The van der Waals surface area contributed by atoms with Crippen LogP contribution in [-0.2, 0) is 4.79 Å². The molecule has 1 heterocycles. The van der Waals surface area contributed by atoms with Crippen molar-refractivity contribution in [1.29, 1.82) is 0 Å². The number of hydrogen-bond donors (Lipinski definition) is 1. The number of ketones is 1. The molecule has 1 amide bonds. The largest absolute Gasteiger partial charge is 0.497 e. The second kappa shape index (κ2) is 15.4. The van der Waals surface area contributed by atoms with Gasteiger partial charge in [-0.2, -0.15) is 0 Å². The molecule has 1 aliphatic heterocycles. The summed E-state index contributed by atoms with van der Waals surface area (Å²) >= 11 is 0. The van der Waals surface area contributed by atoms with Gasteiger partial charge in [0, 0.05) is 36.9 Å². The van der Waals surface area contributed by atoms with Crippen molar-refractivity contribution in [2.75, 3.05) is 33.4 Å². The molecule has 0 aromatic heterocycles. The lowest BCUT2D eigenvalue weighted by molar-refractivity contribution is -0.122. The minimum Gasteiger partial charge on any atom is -0.497 e. The van der Waals surface area contributed by atoms with Crippen LogP contribution in [0.4, 0.5) is 0 Å². The highest BCUT2D eigenvalue weighted by Crippen LogP contribution is 2.24. The van der Waals surface area contributed by atoms with Crippen molar-refractivity contribution in [3.05, 3.63) is 59.7 Å². The molecule has 37 heavy (non-hydrogen) atoms. The number of carbonyl (C=O) groups is 2. The molecule has 2 aromatic rings. The molecular formula is C31H44N2O4. The van der Waals surface area contributed by atoms with Gasteiger partial charge in [0.1, 0.15) is 11.5 Å². The van der Waals surface area contributed by atoms with Crippen molar-refractivity contribution in [2.45, 2.75) is 77.2 Å². The topological polar surface area (TPSA) is 67.9 Å². The van der Waals surface area contributed by atoms with Crippen LogP contribution in [0.25, 0.3) is 0 Å². The molecule has 1 aliphatic rings. The zero-order chi connectivity index (χ0) is 26.5. The van der Waals surface area contributed by atoms with Gasteiger partial charge in [-0.05, 0) is 87.2 Å². The van der Waals surface area contributed by atoms with Crippen LogP contribution in [0.2, 0.25) is 0 Å². The molecule has 1 saturated heterocycles. The van der Waals surface area contributed by atoms with E-state index >= 15 is 0 Å². The predicted octanol–water partition coefficient (Wildman–Crippen LogP) is 6.00. The van der Waals surface area contributed by atoms with E-state index < -0.39 is 0 Å². The molecule has 0 saturated carbocycles. The van der Waals surface area contributed by atoms with Crippen LogP contribution < -0.4 is 14.8 Å². The van der Waals surface area contributed by atoms with Gasteiger partial charge >= 0.3 is 0 Å². The number of carbonyl (C=O) groups excluding carboxylic acids is 2. The van der Waals surface area contributed by atoms with Crippen LogP contribution in [0.5, 0.6) is 11.5 Å². The van der Waals surface area contributed by atoms with Gasteiger partial charge in [-0.15, -0.1) is 0 Å². The highest BCUT2D eigenvalue weighted by atomic mass is 16.5. The number of rotatable bonds is 16. The second-order valence-corrected chi connectivity index (χ2v) is 10.1. The standard InChI is InChI=1S/C31H44N2O4/c1-4-5-22-37-28-18-12-25(13-19-28)24(2)29(23-33-20-8-9-21-33)32-31(35)11-7-6-10-30(34)26-14-16-27(36-3)17-15-26/h12-19,24,29H,4-11,20-23H2,1-3H3,(H,32,35). The third-order valence-electron chi connectivity index (χ3n) is 7.25. The summed E-state index contributed by atoms with van der Waals surface area (Å²) in [5, 5.41) is 3.32. The summed E-state index contributed by atoms with van der Waals surface area (Å²) in [6, 6.07) is 15.6. The minimum absolute atomic E-state index is 0.0402. The number of likely N-dealkylation sites (tertiary alicyclic amines) is 1. The maximum atomic E-state index is 12.9. The van der Waals surface area contributed by atoms with Gasteiger partial charge in [-0.25, -0.2) is 0 Å². The van der Waals surface area contributed by atoms with E-state index in [2.05, 4.69) is 36.2 Å². The number of hydrogen-bond acceptors (Lipinski definition) is 5. The molecule has 1 fully saturated rings. The monoisotopic (exact) mass is 508 g/mol. The first-order valence-electron chi connectivity index (χ1n) is 13.9. The number of unbranched alkanes of at least 4 members (excludes halogenated alkanes) is 2. The van der Waals surface area contributed by atoms with Crippen molar-refractivity contribution in [1.82, 2.24) is 10.2 Å². The minimum atomic E-state index is 0.0402. The van der Waals surface area contributed by atoms with Crippen LogP contribution in [0, 0.1) is 0 Å². The van der Waals surface area contributed by atoms with E-state index in [1.165, 1.54) is 18.4 Å². The molecular weight excluding hydrogens is 464 g/mol. The van der Waals surface area contributed by atoms with Gasteiger partial charge in [0.2, 0.25) is 5.91 Å². The number of methoxy groups -OCH3 is 1. The van der Waals surface area contributed by atoms with E-state index in [0.717, 1.165) is 50.6 Å². The fourth-order valence-corrected chi connectivity index (χ4v) is 4.78. The number of amides is 1. The Labute approximate surface area is 222 Å². The maximum Gasteiger partial charge on any atom is 0.220 e. The average molecular weight is 509 g/mol. The van der Waals surface area contributed by atoms with Gasteiger partial charge in [-0.3, -0.25) is 9.59 Å². The van der Waals surface area contributed by atoms with Crippen molar-refractivity contribution in [3.8, 4) is 11.5 Å². The number of nitrogens with zero attached hydrogens (tertiary/aromatic N) is 1. The zero-order valence-electron chi connectivity index (χ0n) is 22.8. The Morgan fingerprint density at radius 3 is 2.22 bits per heavy atom. The van der Waals surface area contributed by atoms with E-state index in [1.54, 1.807) is 31.4 Å². The molecule has 3 rings (SSSR count). The summed E-state index contributed by atoms with van der Waals surface area (Å²) in [5.74, 6) is 1.99. The first kappa shape index (κ1) is 28.7. The molecule has 2 unspecified atom stereocenters. The van der Waals surface area contributed by atoms with Gasteiger partial charge in [0.25, 0.3) is 0 Å². The van der Waals surface area contributed by atoms with Gasteiger partial charge in [-0.1, -0.05) is 32.4 Å². The summed E-state index contributed by atoms with van der Waals surface area (Å²) in [4.78, 5) is 27.8. The van der Waals surface area contributed by atoms with E-state index in [9.17, 15) is 9.59 Å². The molecule has 6 heteroatoms. The molecule has 2 atom stereocenters. The molecule has 202 valence electrons. The van der Waals surface area contributed by atoms with E-state index in [-0.39, 0.29) is 23.7 Å². The first-order chi connectivity index (χ1) is 18.0. The smallest absolute Gasteiger partial charge is 0.220 e. The maximum absolute atomic E-state index is 12.9. The Balaban J connectivity index is 1.49. The van der Waals surface area contributed by atoms with Crippen molar-refractivity contribution < 1.29 is 19.1 Å². The zero-order valence-corrected chi connectivity index (χ0v) is 22.8. The molecule has 0 radical (unpaired) electrons. The Kier molecular flexibility index (Phi) is 12.0. The summed E-state index contributed by atoms with van der Waals surface area (Å²) in [6.07, 6.45) is 6.89. The lowest BCUT2D eigenvalue weighted by Crippen LogP contribution is -2.46. The van der Waals surface area contributed by atoms with E-state index in [0.29, 0.717) is 31.2 Å². The fourth-order valence-electron chi connectivity index (χ4n) is 4.78. The van der Waals surface area contributed by atoms with Crippen LogP contribution in [0.1, 0.15) is 87.1 Å². The number of ether oxygens (including phenoxy) is 2. The molecule has 0 aliphatic carbocycles. The van der Waals surface area contributed by atoms with Crippen molar-refractivity contribution in [3.63, 3.8) is 0 Å². The van der Waals surface area contributed by atoms with Crippen LogP contribution in [-0.4, -0.2) is 56.0 Å². The number of Topliss-reactive ketones (excluding diaryl/α,β-unsaturated/α-hetero) is 1. The number of nitrogens with one attached hydrogen (secondary N) is 1. The SMILES string of the molecule is CCCCOc1ccc(C(C)C(CN2CCCC2)NC(=O)CCCCC(=O)c2ccc(OC)cc2)cc1. The van der Waals surface area contributed by atoms with E-state index in [1.807, 2.05) is 12.1 Å².